The summed E-state index contributed by atoms with van der Waals surface area (Å²) in [4.78, 5) is 23.9. The van der Waals surface area contributed by atoms with E-state index >= 15 is 0 Å². The second kappa shape index (κ2) is 6.73. The van der Waals surface area contributed by atoms with Gasteiger partial charge in [0, 0.05) is 11.1 Å². The summed E-state index contributed by atoms with van der Waals surface area (Å²) in [5, 5.41) is 4.31. The Bertz CT molecular complexity index is 797. The summed E-state index contributed by atoms with van der Waals surface area (Å²) in [7, 11) is 1.25. The summed E-state index contributed by atoms with van der Waals surface area (Å²) in [6.07, 6.45) is 0. The van der Waals surface area contributed by atoms with Crippen LogP contribution in [0.4, 0.5) is 4.39 Å². The first-order chi connectivity index (χ1) is 10.8. The van der Waals surface area contributed by atoms with Crippen LogP contribution in [0.25, 0.3) is 11.1 Å². The Hall–Kier alpha value is -2.50. The van der Waals surface area contributed by atoms with Crippen LogP contribution in [0.2, 0.25) is 0 Å². The van der Waals surface area contributed by atoms with E-state index in [4.69, 9.17) is 0 Å². The zero-order valence-corrected chi connectivity index (χ0v) is 13.6. The van der Waals surface area contributed by atoms with Gasteiger partial charge >= 0.3 is 5.97 Å². The minimum Gasteiger partial charge on any atom is -0.468 e. The number of hydrogen-bond acceptors (Lipinski definition) is 4. The van der Waals surface area contributed by atoms with Crippen LogP contribution in [0.15, 0.2) is 29.1 Å². The SMILES string of the molecule is COC(=O)Cn1nc(C(C)C)c(-c2cccc(F)c2)c(C)c1=O. The van der Waals surface area contributed by atoms with Crippen molar-refractivity contribution in [1.29, 1.82) is 0 Å². The summed E-state index contributed by atoms with van der Waals surface area (Å²) < 4.78 is 19.2. The third kappa shape index (κ3) is 3.47. The van der Waals surface area contributed by atoms with Crippen molar-refractivity contribution in [3.8, 4) is 11.1 Å². The van der Waals surface area contributed by atoms with Crippen LogP contribution in [-0.4, -0.2) is 22.9 Å². The van der Waals surface area contributed by atoms with Crippen molar-refractivity contribution in [3.63, 3.8) is 0 Å². The van der Waals surface area contributed by atoms with E-state index in [0.717, 1.165) is 4.68 Å². The zero-order chi connectivity index (χ0) is 17.1. The van der Waals surface area contributed by atoms with Gasteiger partial charge in [0.15, 0.2) is 0 Å². The number of rotatable bonds is 4. The van der Waals surface area contributed by atoms with Gasteiger partial charge < -0.3 is 4.74 Å². The molecular formula is C17H19FN2O3. The molecule has 0 radical (unpaired) electrons. The maximum absolute atomic E-state index is 13.6. The van der Waals surface area contributed by atoms with Crippen molar-refractivity contribution < 1.29 is 13.9 Å². The maximum Gasteiger partial charge on any atom is 0.327 e. The lowest BCUT2D eigenvalue weighted by Crippen LogP contribution is -2.31. The van der Waals surface area contributed by atoms with Crippen molar-refractivity contribution in [1.82, 2.24) is 9.78 Å². The highest BCUT2D eigenvalue weighted by atomic mass is 19.1. The molecule has 1 heterocycles. The third-order valence-corrected chi connectivity index (χ3v) is 3.58. The summed E-state index contributed by atoms with van der Waals surface area (Å²) >= 11 is 0. The highest BCUT2D eigenvalue weighted by molar-refractivity contribution is 5.71. The second-order valence-electron chi connectivity index (χ2n) is 5.59. The van der Waals surface area contributed by atoms with E-state index in [9.17, 15) is 14.0 Å². The Morgan fingerprint density at radius 3 is 2.65 bits per heavy atom. The summed E-state index contributed by atoms with van der Waals surface area (Å²) in [6, 6.07) is 6.05. The highest BCUT2D eigenvalue weighted by Gasteiger charge is 2.19. The molecule has 0 amide bonds. The van der Waals surface area contributed by atoms with E-state index in [2.05, 4.69) is 9.84 Å². The van der Waals surface area contributed by atoms with Gasteiger partial charge in [-0.2, -0.15) is 5.10 Å². The molecule has 0 bridgehead atoms. The van der Waals surface area contributed by atoms with E-state index < -0.39 is 5.97 Å². The minimum atomic E-state index is -0.549. The normalized spacial score (nSPS) is 10.9. The van der Waals surface area contributed by atoms with E-state index in [1.807, 2.05) is 13.8 Å². The Balaban J connectivity index is 2.70. The molecule has 1 aromatic heterocycles. The molecule has 0 aliphatic heterocycles. The lowest BCUT2D eigenvalue weighted by Gasteiger charge is -2.17. The van der Waals surface area contributed by atoms with Gasteiger partial charge in [0.1, 0.15) is 12.4 Å². The predicted molar refractivity (Wildman–Crippen MR) is 84.7 cm³/mol. The number of hydrogen-bond donors (Lipinski definition) is 0. The number of esters is 1. The number of carbonyl (C=O) groups excluding carboxylic acids is 1. The smallest absolute Gasteiger partial charge is 0.327 e. The number of nitrogens with zero attached hydrogens (tertiary/aromatic N) is 2. The molecule has 0 saturated carbocycles. The fraction of sp³-hybridized carbons (Fsp3) is 0.353. The molecule has 0 saturated heterocycles. The number of ether oxygens (including phenoxy) is 1. The van der Waals surface area contributed by atoms with Crippen molar-refractivity contribution in [2.45, 2.75) is 33.2 Å². The Morgan fingerprint density at radius 2 is 2.09 bits per heavy atom. The molecule has 2 aromatic rings. The molecule has 6 heteroatoms. The predicted octanol–water partition coefficient (Wildman–Crippen LogP) is 2.65. The fourth-order valence-electron chi connectivity index (χ4n) is 2.42. The molecule has 1 aromatic carbocycles. The van der Waals surface area contributed by atoms with Gasteiger partial charge in [0.25, 0.3) is 5.56 Å². The standard InChI is InChI=1S/C17H19FN2O3/c1-10(2)16-15(12-6-5-7-13(18)8-12)11(3)17(22)20(19-16)9-14(21)23-4/h5-8,10H,9H2,1-4H3. The van der Waals surface area contributed by atoms with Crippen LogP contribution >= 0.6 is 0 Å². The maximum atomic E-state index is 13.6. The first-order valence-electron chi connectivity index (χ1n) is 7.29. The van der Waals surface area contributed by atoms with Crippen molar-refractivity contribution in [2.75, 3.05) is 7.11 Å². The van der Waals surface area contributed by atoms with Crippen molar-refractivity contribution in [3.05, 3.63) is 51.7 Å². The largest absolute Gasteiger partial charge is 0.468 e. The molecule has 0 aliphatic rings. The molecule has 23 heavy (non-hydrogen) atoms. The average Bonchev–Trinajstić information content (AvgIpc) is 2.51. The van der Waals surface area contributed by atoms with Crippen LogP contribution in [-0.2, 0) is 16.1 Å². The number of aromatic nitrogens is 2. The average molecular weight is 318 g/mol. The minimum absolute atomic E-state index is 0.00327. The van der Waals surface area contributed by atoms with Crippen LogP contribution in [0.5, 0.6) is 0 Å². The van der Waals surface area contributed by atoms with Crippen molar-refractivity contribution in [2.24, 2.45) is 0 Å². The van der Waals surface area contributed by atoms with E-state index in [1.54, 1.807) is 19.1 Å². The van der Waals surface area contributed by atoms with Gasteiger partial charge in [-0.1, -0.05) is 26.0 Å². The Kier molecular flexibility index (Phi) is 4.93. The number of halogens is 1. The second-order valence-corrected chi connectivity index (χ2v) is 5.59. The summed E-state index contributed by atoms with van der Waals surface area (Å²) in [5.74, 6) is -0.931. The molecule has 0 aliphatic carbocycles. The topological polar surface area (TPSA) is 61.2 Å². The highest BCUT2D eigenvalue weighted by Crippen LogP contribution is 2.29. The quantitative estimate of drug-likeness (QED) is 0.813. The fourth-order valence-corrected chi connectivity index (χ4v) is 2.42. The van der Waals surface area contributed by atoms with Gasteiger partial charge in [-0.25, -0.2) is 9.07 Å². The third-order valence-electron chi connectivity index (χ3n) is 3.58. The number of methoxy groups -OCH3 is 1. The first-order valence-corrected chi connectivity index (χ1v) is 7.29. The van der Waals surface area contributed by atoms with Gasteiger partial charge in [-0.3, -0.25) is 9.59 Å². The van der Waals surface area contributed by atoms with Crippen LogP contribution in [0, 0.1) is 12.7 Å². The summed E-state index contributed by atoms with van der Waals surface area (Å²) in [6.45, 7) is 5.26. The monoisotopic (exact) mass is 318 g/mol. The molecule has 2 rings (SSSR count). The number of benzene rings is 1. The van der Waals surface area contributed by atoms with E-state index in [0.29, 0.717) is 22.4 Å². The molecular weight excluding hydrogens is 299 g/mol. The van der Waals surface area contributed by atoms with Gasteiger partial charge in [-0.05, 0) is 30.5 Å². The van der Waals surface area contributed by atoms with Crippen LogP contribution in [0.3, 0.4) is 0 Å². The van der Waals surface area contributed by atoms with Crippen molar-refractivity contribution >= 4 is 5.97 Å². The first kappa shape index (κ1) is 16.9. The molecule has 0 spiro atoms. The summed E-state index contributed by atoms with van der Waals surface area (Å²) in [5.41, 5.74) is 1.89. The Morgan fingerprint density at radius 1 is 1.39 bits per heavy atom. The lowest BCUT2D eigenvalue weighted by atomic mass is 9.94. The molecule has 0 N–H and O–H groups in total. The van der Waals surface area contributed by atoms with Crippen LogP contribution < -0.4 is 5.56 Å². The molecule has 0 fully saturated rings. The Labute approximate surface area is 133 Å². The molecule has 0 unspecified atom stereocenters. The van der Waals surface area contributed by atoms with Gasteiger partial charge in [0.05, 0.1) is 12.8 Å². The molecule has 0 atom stereocenters. The van der Waals surface area contributed by atoms with E-state index in [1.165, 1.54) is 19.2 Å². The molecule has 122 valence electrons. The van der Waals surface area contributed by atoms with Gasteiger partial charge in [-0.15, -0.1) is 0 Å². The zero-order valence-electron chi connectivity index (χ0n) is 13.6. The molecule has 5 nitrogen and oxygen atoms in total. The van der Waals surface area contributed by atoms with Crippen LogP contribution in [0.1, 0.15) is 31.0 Å². The lowest BCUT2D eigenvalue weighted by molar-refractivity contribution is -0.141. The van der Waals surface area contributed by atoms with E-state index in [-0.39, 0.29) is 23.8 Å². The van der Waals surface area contributed by atoms with Gasteiger partial charge in [0.2, 0.25) is 0 Å². The number of carbonyl (C=O) groups is 1.